The molecule has 0 atom stereocenters. The summed E-state index contributed by atoms with van der Waals surface area (Å²) in [6, 6.07) is 21.2. The van der Waals surface area contributed by atoms with Gasteiger partial charge in [0.2, 0.25) is 4.77 Å². The van der Waals surface area contributed by atoms with Gasteiger partial charge in [0.25, 0.3) is 0 Å². The van der Waals surface area contributed by atoms with Gasteiger partial charge in [0.1, 0.15) is 12.4 Å². The summed E-state index contributed by atoms with van der Waals surface area (Å²) in [6.07, 6.45) is 1.72. The van der Waals surface area contributed by atoms with Gasteiger partial charge in [-0.25, -0.2) is 5.10 Å². The SMILES string of the molecule is S=c1[nH]nc(-c2ccccc2)n1/N=C\c1cc(Br)c(OCc2ccc(Cl)cc2)c(Br)c1. The standard InChI is InChI=1S/C22H15Br2ClN4OS/c23-18-10-15(11-19(24)20(18)30-13-14-6-8-17(25)9-7-14)12-26-29-21(27-28-22(29)31)16-4-2-1-3-5-16/h1-12H,13H2,(H,28,31)/b26-12-. The van der Waals surface area contributed by atoms with E-state index in [0.29, 0.717) is 28.0 Å². The van der Waals surface area contributed by atoms with E-state index in [1.54, 1.807) is 10.9 Å². The molecule has 3 aromatic carbocycles. The van der Waals surface area contributed by atoms with E-state index in [-0.39, 0.29) is 0 Å². The van der Waals surface area contributed by atoms with Gasteiger partial charge in [-0.2, -0.15) is 14.9 Å². The highest BCUT2D eigenvalue weighted by atomic mass is 79.9. The number of halogens is 3. The van der Waals surface area contributed by atoms with Crippen molar-refractivity contribution in [1.29, 1.82) is 0 Å². The molecule has 4 aromatic rings. The lowest BCUT2D eigenvalue weighted by atomic mass is 10.2. The number of hydrogen-bond acceptors (Lipinski definition) is 4. The van der Waals surface area contributed by atoms with Crippen LogP contribution in [0.3, 0.4) is 0 Å². The van der Waals surface area contributed by atoms with Gasteiger partial charge in [0.15, 0.2) is 5.82 Å². The summed E-state index contributed by atoms with van der Waals surface area (Å²) < 4.78 is 9.59. The molecule has 0 aliphatic heterocycles. The number of nitrogens with zero attached hydrogens (tertiary/aromatic N) is 3. The molecule has 0 unspecified atom stereocenters. The van der Waals surface area contributed by atoms with Crippen LogP contribution in [0.25, 0.3) is 11.4 Å². The Morgan fingerprint density at radius 2 is 1.74 bits per heavy atom. The topological polar surface area (TPSA) is 55.2 Å². The zero-order valence-electron chi connectivity index (χ0n) is 15.9. The molecule has 0 radical (unpaired) electrons. The van der Waals surface area contributed by atoms with Gasteiger partial charge < -0.3 is 4.74 Å². The predicted octanol–water partition coefficient (Wildman–Crippen LogP) is 7.25. The monoisotopic (exact) mass is 576 g/mol. The second-order valence-electron chi connectivity index (χ2n) is 6.50. The van der Waals surface area contributed by atoms with E-state index >= 15 is 0 Å². The van der Waals surface area contributed by atoms with Crippen LogP contribution in [0, 0.1) is 4.77 Å². The van der Waals surface area contributed by atoms with Crippen LogP contribution in [-0.4, -0.2) is 21.1 Å². The summed E-state index contributed by atoms with van der Waals surface area (Å²) in [5.41, 5.74) is 2.80. The van der Waals surface area contributed by atoms with Crippen LogP contribution in [0.1, 0.15) is 11.1 Å². The first-order valence-corrected chi connectivity index (χ1v) is 11.5. The zero-order chi connectivity index (χ0) is 21.8. The van der Waals surface area contributed by atoms with Crippen molar-refractivity contribution in [3.05, 3.63) is 96.6 Å². The van der Waals surface area contributed by atoms with Crippen molar-refractivity contribution in [3.8, 4) is 17.1 Å². The quantitative estimate of drug-likeness (QED) is 0.194. The normalized spacial score (nSPS) is 11.2. The average molecular weight is 579 g/mol. The van der Waals surface area contributed by atoms with Crippen LogP contribution in [0.15, 0.2) is 80.8 Å². The molecular weight excluding hydrogens is 564 g/mol. The number of rotatable bonds is 6. The minimum atomic E-state index is 0.413. The molecule has 0 aliphatic carbocycles. The Hall–Kier alpha value is -2.26. The average Bonchev–Trinajstić information content (AvgIpc) is 3.14. The highest BCUT2D eigenvalue weighted by Crippen LogP contribution is 2.35. The Bertz CT molecular complexity index is 1260. The Labute approximate surface area is 206 Å². The van der Waals surface area contributed by atoms with Crippen molar-refractivity contribution in [3.63, 3.8) is 0 Å². The molecule has 0 saturated heterocycles. The molecule has 0 aliphatic rings. The third-order valence-electron chi connectivity index (χ3n) is 4.32. The summed E-state index contributed by atoms with van der Waals surface area (Å²) in [7, 11) is 0. The van der Waals surface area contributed by atoms with Crippen molar-refractivity contribution in [2.75, 3.05) is 0 Å². The van der Waals surface area contributed by atoms with Crippen LogP contribution in [0.4, 0.5) is 0 Å². The fourth-order valence-electron chi connectivity index (χ4n) is 2.83. The fraction of sp³-hybridized carbons (Fsp3) is 0.0455. The van der Waals surface area contributed by atoms with Gasteiger partial charge in [-0.1, -0.05) is 54.1 Å². The molecule has 1 heterocycles. The molecular formula is C22H15Br2ClN4OS. The third kappa shape index (κ3) is 5.33. The first kappa shape index (κ1) is 22.0. The fourth-order valence-corrected chi connectivity index (χ4v) is 4.58. The molecule has 0 bridgehead atoms. The molecule has 0 saturated carbocycles. The lowest BCUT2D eigenvalue weighted by molar-refractivity contribution is 0.302. The van der Waals surface area contributed by atoms with Gasteiger partial charge in [-0.05, 0) is 79.5 Å². The van der Waals surface area contributed by atoms with Crippen LogP contribution >= 0.6 is 55.7 Å². The summed E-state index contributed by atoms with van der Waals surface area (Å²) in [5.74, 6) is 1.35. The first-order valence-electron chi connectivity index (χ1n) is 9.15. The summed E-state index contributed by atoms with van der Waals surface area (Å²) in [6.45, 7) is 0.423. The molecule has 0 fully saturated rings. The minimum absolute atomic E-state index is 0.413. The van der Waals surface area contributed by atoms with E-state index in [1.807, 2.05) is 66.7 Å². The van der Waals surface area contributed by atoms with E-state index in [2.05, 4.69) is 47.2 Å². The minimum Gasteiger partial charge on any atom is -0.487 e. The van der Waals surface area contributed by atoms with Gasteiger partial charge in [-0.15, -0.1) is 0 Å². The number of nitrogens with one attached hydrogen (secondary N) is 1. The van der Waals surface area contributed by atoms with Crippen molar-refractivity contribution < 1.29 is 4.74 Å². The molecule has 156 valence electrons. The second kappa shape index (κ2) is 9.91. The van der Waals surface area contributed by atoms with E-state index in [1.165, 1.54) is 0 Å². The maximum atomic E-state index is 5.98. The largest absolute Gasteiger partial charge is 0.487 e. The van der Waals surface area contributed by atoms with Crippen molar-refractivity contribution in [2.24, 2.45) is 5.10 Å². The zero-order valence-corrected chi connectivity index (χ0v) is 20.7. The summed E-state index contributed by atoms with van der Waals surface area (Å²) in [4.78, 5) is 0. The number of hydrogen-bond donors (Lipinski definition) is 1. The molecule has 5 nitrogen and oxygen atoms in total. The van der Waals surface area contributed by atoms with E-state index in [0.717, 1.165) is 25.6 Å². The Morgan fingerprint density at radius 1 is 1.06 bits per heavy atom. The van der Waals surface area contributed by atoms with Crippen molar-refractivity contribution in [1.82, 2.24) is 14.9 Å². The number of aromatic nitrogens is 3. The number of aromatic amines is 1. The number of benzene rings is 3. The number of H-pyrrole nitrogens is 1. The molecule has 1 aromatic heterocycles. The molecule has 9 heteroatoms. The summed E-state index contributed by atoms with van der Waals surface area (Å²) in [5, 5.41) is 12.3. The maximum Gasteiger partial charge on any atom is 0.216 e. The van der Waals surface area contributed by atoms with Gasteiger partial charge >= 0.3 is 0 Å². The Morgan fingerprint density at radius 3 is 2.42 bits per heavy atom. The third-order valence-corrected chi connectivity index (χ3v) is 6.02. The van der Waals surface area contributed by atoms with Crippen molar-refractivity contribution in [2.45, 2.75) is 6.61 Å². The Kier molecular flexibility index (Phi) is 7.02. The van der Waals surface area contributed by atoms with Gasteiger partial charge in [0, 0.05) is 10.6 Å². The van der Waals surface area contributed by atoms with E-state index in [9.17, 15) is 0 Å². The van der Waals surface area contributed by atoms with Crippen molar-refractivity contribution >= 4 is 61.9 Å². The summed E-state index contributed by atoms with van der Waals surface area (Å²) >= 11 is 18.4. The lowest BCUT2D eigenvalue weighted by Crippen LogP contribution is -1.98. The van der Waals surface area contributed by atoms with Gasteiger partial charge in [0.05, 0.1) is 15.2 Å². The van der Waals surface area contributed by atoms with Crippen LogP contribution in [0.5, 0.6) is 5.75 Å². The van der Waals surface area contributed by atoms with E-state index in [4.69, 9.17) is 28.6 Å². The first-order chi connectivity index (χ1) is 15.0. The lowest BCUT2D eigenvalue weighted by Gasteiger charge is -2.11. The molecule has 4 rings (SSSR count). The smallest absolute Gasteiger partial charge is 0.216 e. The Balaban J connectivity index is 1.55. The predicted molar refractivity (Wildman–Crippen MR) is 133 cm³/mol. The highest BCUT2D eigenvalue weighted by molar-refractivity contribution is 9.11. The maximum absolute atomic E-state index is 5.98. The van der Waals surface area contributed by atoms with Crippen LogP contribution in [-0.2, 0) is 6.61 Å². The highest BCUT2D eigenvalue weighted by Gasteiger charge is 2.10. The van der Waals surface area contributed by atoms with E-state index < -0.39 is 0 Å². The van der Waals surface area contributed by atoms with Crippen LogP contribution in [0.2, 0.25) is 5.02 Å². The molecule has 0 spiro atoms. The second-order valence-corrected chi connectivity index (χ2v) is 9.04. The molecule has 31 heavy (non-hydrogen) atoms. The van der Waals surface area contributed by atoms with Crippen LogP contribution < -0.4 is 4.74 Å². The number of ether oxygens (including phenoxy) is 1. The molecule has 1 N–H and O–H groups in total. The van der Waals surface area contributed by atoms with Gasteiger partial charge in [-0.3, -0.25) is 0 Å². The molecule has 0 amide bonds.